The molecule has 6 heteroatoms. The number of likely N-dealkylation sites (tertiary alicyclic amines) is 1. The van der Waals surface area contributed by atoms with E-state index in [0.29, 0.717) is 25.4 Å². The van der Waals surface area contributed by atoms with Crippen LogP contribution in [0.15, 0.2) is 24.3 Å². The Hall–Kier alpha value is -2.11. The van der Waals surface area contributed by atoms with Gasteiger partial charge in [-0.2, -0.15) is 0 Å². The molecule has 1 N–H and O–H groups in total. The summed E-state index contributed by atoms with van der Waals surface area (Å²) in [5.74, 6) is 0.192. The van der Waals surface area contributed by atoms with Crippen molar-refractivity contribution < 1.29 is 14.8 Å². The maximum Gasteiger partial charge on any atom is 0.232 e. The molecule has 1 saturated heterocycles. The highest BCUT2D eigenvalue weighted by molar-refractivity contribution is 5.82. The molecule has 2 fully saturated rings. The fraction of sp³-hybridized carbons (Fsp3) is 0.533. The lowest BCUT2D eigenvalue weighted by Gasteiger charge is -2.32. The van der Waals surface area contributed by atoms with E-state index in [1.807, 2.05) is 12.1 Å². The average Bonchev–Trinajstić information content (AvgIpc) is 3.28. The molecule has 21 heavy (non-hydrogen) atoms. The number of aromatic hydroxyl groups is 1. The summed E-state index contributed by atoms with van der Waals surface area (Å²) >= 11 is 0. The van der Waals surface area contributed by atoms with E-state index in [-0.39, 0.29) is 16.6 Å². The highest BCUT2D eigenvalue weighted by Crippen LogP contribution is 2.37. The number of carbonyl (C=O) groups is 1. The van der Waals surface area contributed by atoms with Crippen molar-refractivity contribution in [2.45, 2.75) is 31.2 Å². The number of benzene rings is 1. The van der Waals surface area contributed by atoms with Crippen LogP contribution in [0.2, 0.25) is 0 Å². The molecule has 0 unspecified atom stereocenters. The highest BCUT2D eigenvalue weighted by Gasteiger charge is 2.54. The van der Waals surface area contributed by atoms with Crippen LogP contribution in [0.25, 0.3) is 0 Å². The molecule has 0 bridgehead atoms. The minimum Gasteiger partial charge on any atom is -0.508 e. The summed E-state index contributed by atoms with van der Waals surface area (Å²) in [4.78, 5) is 24.2. The Morgan fingerprint density at radius 1 is 1.24 bits per heavy atom. The topological polar surface area (TPSA) is 83.7 Å². The number of phenolic OH excluding ortho intramolecular Hbond substituents is 1. The van der Waals surface area contributed by atoms with E-state index in [2.05, 4.69) is 0 Å². The Morgan fingerprint density at radius 3 is 2.38 bits per heavy atom. The van der Waals surface area contributed by atoms with Crippen LogP contribution in [0, 0.1) is 16.0 Å². The van der Waals surface area contributed by atoms with Gasteiger partial charge >= 0.3 is 0 Å². The summed E-state index contributed by atoms with van der Waals surface area (Å²) in [6, 6.07) is 6.53. The summed E-state index contributed by atoms with van der Waals surface area (Å²) < 4.78 is 0. The first-order valence-corrected chi connectivity index (χ1v) is 7.27. The van der Waals surface area contributed by atoms with Crippen LogP contribution in [0.4, 0.5) is 0 Å². The molecule has 3 rings (SSSR count). The molecule has 0 aromatic heterocycles. The molecule has 1 amide bonds. The predicted octanol–water partition coefficient (Wildman–Crippen LogP) is 1.76. The average molecular weight is 290 g/mol. The zero-order valence-electron chi connectivity index (χ0n) is 11.6. The Balaban J connectivity index is 1.54. The normalized spacial score (nSPS) is 25.6. The number of amides is 1. The van der Waals surface area contributed by atoms with E-state index in [4.69, 9.17) is 0 Å². The number of rotatable bonds is 3. The third kappa shape index (κ3) is 2.84. The third-order valence-electron chi connectivity index (χ3n) is 4.52. The number of hydrogen-bond donors (Lipinski definition) is 1. The number of piperidine rings is 1. The van der Waals surface area contributed by atoms with Crippen LogP contribution in [-0.2, 0) is 4.79 Å². The van der Waals surface area contributed by atoms with Crippen molar-refractivity contribution in [2.24, 2.45) is 5.92 Å². The molecule has 1 heterocycles. The largest absolute Gasteiger partial charge is 0.508 e. The second-order valence-electron chi connectivity index (χ2n) is 5.89. The van der Waals surface area contributed by atoms with E-state index < -0.39 is 12.0 Å². The van der Waals surface area contributed by atoms with Gasteiger partial charge in [0.2, 0.25) is 11.9 Å². The molecule has 1 aromatic carbocycles. The monoisotopic (exact) mass is 290 g/mol. The fourth-order valence-corrected chi connectivity index (χ4v) is 3.09. The van der Waals surface area contributed by atoms with Gasteiger partial charge in [-0.3, -0.25) is 14.9 Å². The Bertz CT molecular complexity index is 549. The van der Waals surface area contributed by atoms with Gasteiger partial charge < -0.3 is 10.0 Å². The number of nitro groups is 1. The van der Waals surface area contributed by atoms with Crippen molar-refractivity contribution in [1.82, 2.24) is 4.90 Å². The van der Waals surface area contributed by atoms with Gasteiger partial charge in [-0.1, -0.05) is 12.1 Å². The van der Waals surface area contributed by atoms with Gasteiger partial charge in [-0.05, 0) is 36.5 Å². The minimum absolute atomic E-state index is 0.0548. The van der Waals surface area contributed by atoms with Gasteiger partial charge in [-0.15, -0.1) is 0 Å². The van der Waals surface area contributed by atoms with Gasteiger partial charge in [0, 0.05) is 24.4 Å². The number of nitrogens with zero attached hydrogens (tertiary/aromatic N) is 2. The second kappa shape index (κ2) is 5.35. The first-order chi connectivity index (χ1) is 10.1. The molecule has 1 saturated carbocycles. The molecule has 0 spiro atoms. The Labute approximate surface area is 122 Å². The number of phenols is 1. The van der Waals surface area contributed by atoms with Crippen molar-refractivity contribution in [3.05, 3.63) is 39.9 Å². The lowest BCUT2D eigenvalue weighted by Crippen LogP contribution is -2.39. The quantitative estimate of drug-likeness (QED) is 0.679. The van der Waals surface area contributed by atoms with Gasteiger partial charge in [0.05, 0.1) is 0 Å². The Kier molecular flexibility index (Phi) is 3.53. The van der Waals surface area contributed by atoms with E-state index in [9.17, 15) is 20.0 Å². The van der Waals surface area contributed by atoms with Crippen LogP contribution in [0.5, 0.6) is 5.75 Å². The van der Waals surface area contributed by atoms with Gasteiger partial charge in [0.1, 0.15) is 11.7 Å². The van der Waals surface area contributed by atoms with E-state index in [1.54, 1.807) is 17.0 Å². The zero-order chi connectivity index (χ0) is 15.0. The first-order valence-electron chi connectivity index (χ1n) is 7.27. The maximum absolute atomic E-state index is 12.2. The molecule has 2 atom stereocenters. The van der Waals surface area contributed by atoms with Gasteiger partial charge in [-0.25, -0.2) is 0 Å². The van der Waals surface area contributed by atoms with Crippen LogP contribution in [0.3, 0.4) is 0 Å². The van der Waals surface area contributed by atoms with Crippen LogP contribution >= 0.6 is 0 Å². The van der Waals surface area contributed by atoms with Gasteiger partial charge in [0.25, 0.3) is 0 Å². The lowest BCUT2D eigenvalue weighted by atomic mass is 9.89. The maximum atomic E-state index is 12.2. The van der Waals surface area contributed by atoms with Crippen LogP contribution in [-0.4, -0.2) is 40.0 Å². The molecule has 1 aromatic rings. The molecule has 6 nitrogen and oxygen atoms in total. The molecule has 0 radical (unpaired) electrons. The van der Waals surface area contributed by atoms with E-state index in [1.165, 1.54) is 5.56 Å². The number of carbonyl (C=O) groups excluding carboxylic acids is 1. The van der Waals surface area contributed by atoms with Crippen molar-refractivity contribution >= 4 is 5.91 Å². The van der Waals surface area contributed by atoms with E-state index in [0.717, 1.165) is 12.8 Å². The molecular formula is C15H18N2O4. The number of hydrogen-bond acceptors (Lipinski definition) is 4. The van der Waals surface area contributed by atoms with Crippen molar-refractivity contribution in [2.75, 3.05) is 13.1 Å². The zero-order valence-corrected chi connectivity index (χ0v) is 11.6. The smallest absolute Gasteiger partial charge is 0.232 e. The summed E-state index contributed by atoms with van der Waals surface area (Å²) in [5.41, 5.74) is 1.18. The third-order valence-corrected chi connectivity index (χ3v) is 4.52. The minimum atomic E-state index is -0.660. The predicted molar refractivity (Wildman–Crippen MR) is 75.6 cm³/mol. The molecule has 1 aliphatic carbocycles. The fourth-order valence-electron chi connectivity index (χ4n) is 3.09. The van der Waals surface area contributed by atoms with Gasteiger partial charge in [0.15, 0.2) is 0 Å². The molecular weight excluding hydrogens is 272 g/mol. The van der Waals surface area contributed by atoms with Crippen molar-refractivity contribution in [3.8, 4) is 5.75 Å². The molecule has 2 aliphatic rings. The lowest BCUT2D eigenvalue weighted by molar-refractivity contribution is -0.497. The summed E-state index contributed by atoms with van der Waals surface area (Å²) in [6.07, 6.45) is 2.13. The first kappa shape index (κ1) is 13.9. The summed E-state index contributed by atoms with van der Waals surface area (Å²) in [6.45, 7) is 1.32. The summed E-state index contributed by atoms with van der Waals surface area (Å²) in [7, 11) is 0. The van der Waals surface area contributed by atoms with Crippen LogP contribution in [0.1, 0.15) is 30.7 Å². The molecule has 1 aliphatic heterocycles. The highest BCUT2D eigenvalue weighted by atomic mass is 16.6. The second-order valence-corrected chi connectivity index (χ2v) is 5.89. The SMILES string of the molecule is O=C([C@@H]1C[C@H]1[N+](=O)[O-])N1CCC(c2ccc(O)cc2)CC1. The van der Waals surface area contributed by atoms with E-state index >= 15 is 0 Å². The molecule has 112 valence electrons. The summed E-state index contributed by atoms with van der Waals surface area (Å²) in [5, 5.41) is 19.9. The van der Waals surface area contributed by atoms with Crippen molar-refractivity contribution in [1.29, 1.82) is 0 Å². The standard InChI is InChI=1S/C15H18N2O4/c18-12-3-1-10(2-4-12)11-5-7-16(8-6-11)15(19)13-9-14(13)17(20)21/h1-4,11,13-14,18H,5-9H2/t13-,14-/m1/s1. The Morgan fingerprint density at radius 2 is 1.86 bits per heavy atom. The van der Waals surface area contributed by atoms with Crippen molar-refractivity contribution in [3.63, 3.8) is 0 Å². The van der Waals surface area contributed by atoms with Crippen LogP contribution < -0.4 is 0 Å².